The molecule has 3 aromatic rings. The number of hydrogen-bond donors (Lipinski definition) is 1. The third-order valence-corrected chi connectivity index (χ3v) is 6.18. The van der Waals surface area contributed by atoms with Crippen molar-refractivity contribution < 1.29 is 4.79 Å². The number of anilines is 1. The summed E-state index contributed by atoms with van der Waals surface area (Å²) < 4.78 is 1.77. The number of nitrogens with two attached hydrogens (primary N) is 1. The van der Waals surface area contributed by atoms with Gasteiger partial charge in [0.1, 0.15) is 11.9 Å². The molecule has 1 saturated carbocycles. The molecule has 6 heteroatoms. The minimum Gasteiger partial charge on any atom is -0.383 e. The van der Waals surface area contributed by atoms with Gasteiger partial charge in [0.05, 0.1) is 16.9 Å². The molecule has 0 amide bonds. The maximum absolute atomic E-state index is 13.2. The van der Waals surface area contributed by atoms with Crippen molar-refractivity contribution in [3.8, 4) is 0 Å². The van der Waals surface area contributed by atoms with Gasteiger partial charge in [-0.1, -0.05) is 44.2 Å². The number of rotatable bonds is 6. The van der Waals surface area contributed by atoms with Crippen LogP contribution in [-0.2, 0) is 11.2 Å². The topological polar surface area (TPSA) is 73.8 Å². The number of aromatic nitrogens is 3. The maximum Gasteiger partial charge on any atom is 0.164 e. The van der Waals surface area contributed by atoms with E-state index < -0.39 is 0 Å². The molecular formula is C20H24N4OS. The van der Waals surface area contributed by atoms with E-state index in [9.17, 15) is 4.79 Å². The third-order valence-electron chi connectivity index (χ3n) is 5.40. The molecule has 1 aliphatic rings. The molecule has 0 spiro atoms. The molecule has 5 nitrogen and oxygen atoms in total. The maximum atomic E-state index is 13.2. The van der Waals surface area contributed by atoms with Crippen molar-refractivity contribution in [2.24, 2.45) is 5.92 Å². The van der Waals surface area contributed by atoms with Gasteiger partial charge in [-0.2, -0.15) is 5.10 Å². The number of carbonyl (C=O) groups excluding carboxylic acids is 1. The van der Waals surface area contributed by atoms with Crippen LogP contribution in [0.2, 0.25) is 0 Å². The van der Waals surface area contributed by atoms with Crippen LogP contribution in [0.1, 0.15) is 49.6 Å². The molecule has 0 aliphatic heterocycles. The Kier molecular flexibility index (Phi) is 5.02. The molecule has 26 heavy (non-hydrogen) atoms. The number of benzene rings is 1. The number of ketones is 1. The van der Waals surface area contributed by atoms with Gasteiger partial charge in [-0.15, -0.1) is 11.3 Å². The van der Waals surface area contributed by atoms with Crippen LogP contribution in [0.15, 0.2) is 35.8 Å². The number of hydrogen-bond acceptors (Lipinski definition) is 5. The molecule has 2 heterocycles. The summed E-state index contributed by atoms with van der Waals surface area (Å²) in [6, 6.07) is 7.52. The van der Waals surface area contributed by atoms with Crippen molar-refractivity contribution in [2.45, 2.75) is 51.0 Å². The molecule has 0 bridgehead atoms. The number of carbonyl (C=O) groups is 1. The number of Topliss-reactive ketones (excluding diaryl/α,β-unsaturated/α-hetero) is 1. The summed E-state index contributed by atoms with van der Waals surface area (Å²) in [5.41, 5.74) is 7.24. The van der Waals surface area contributed by atoms with Crippen LogP contribution in [0, 0.1) is 5.92 Å². The molecule has 0 radical (unpaired) electrons. The Labute approximate surface area is 157 Å². The first kappa shape index (κ1) is 17.2. The van der Waals surface area contributed by atoms with Gasteiger partial charge in [0.25, 0.3) is 0 Å². The Bertz CT molecular complexity index is 880. The highest BCUT2D eigenvalue weighted by atomic mass is 32.1. The van der Waals surface area contributed by atoms with E-state index in [1.807, 2.05) is 29.6 Å². The lowest BCUT2D eigenvalue weighted by Gasteiger charge is -2.26. The molecule has 1 atom stereocenters. The van der Waals surface area contributed by atoms with Crippen molar-refractivity contribution in [1.82, 2.24) is 14.8 Å². The van der Waals surface area contributed by atoms with Crippen molar-refractivity contribution in [2.75, 3.05) is 5.73 Å². The first-order valence-electron chi connectivity index (χ1n) is 9.36. The van der Waals surface area contributed by atoms with Crippen LogP contribution in [-0.4, -0.2) is 20.5 Å². The van der Waals surface area contributed by atoms with E-state index in [2.05, 4.69) is 10.1 Å². The molecule has 1 unspecified atom stereocenters. The van der Waals surface area contributed by atoms with Crippen LogP contribution in [0.5, 0.6) is 0 Å². The highest BCUT2D eigenvalue weighted by Gasteiger charge is 2.29. The molecule has 1 fully saturated rings. The summed E-state index contributed by atoms with van der Waals surface area (Å²) in [4.78, 5) is 17.4. The van der Waals surface area contributed by atoms with Gasteiger partial charge in [-0.3, -0.25) is 4.79 Å². The van der Waals surface area contributed by atoms with Gasteiger partial charge in [-0.25, -0.2) is 9.67 Å². The summed E-state index contributed by atoms with van der Waals surface area (Å²) in [5.74, 6) is 1.32. The van der Waals surface area contributed by atoms with Crippen LogP contribution in [0.3, 0.4) is 0 Å². The number of nitrogen functional groups attached to an aromatic ring is 1. The van der Waals surface area contributed by atoms with Crippen molar-refractivity contribution >= 4 is 33.8 Å². The number of thiazole rings is 1. The normalized spacial score (nSPS) is 16.8. The lowest BCUT2D eigenvalue weighted by Crippen LogP contribution is -2.26. The number of fused-ring (bicyclic) bond motifs is 1. The Balaban J connectivity index is 1.66. The second kappa shape index (κ2) is 7.58. The van der Waals surface area contributed by atoms with E-state index in [0.29, 0.717) is 18.2 Å². The van der Waals surface area contributed by atoms with E-state index in [-0.39, 0.29) is 11.8 Å². The Morgan fingerprint density at radius 3 is 2.81 bits per heavy atom. The summed E-state index contributed by atoms with van der Waals surface area (Å²) in [5, 5.41) is 8.37. The Morgan fingerprint density at radius 2 is 2.08 bits per heavy atom. The van der Waals surface area contributed by atoms with Crippen LogP contribution >= 0.6 is 11.3 Å². The Hall–Kier alpha value is -2.21. The zero-order valence-corrected chi connectivity index (χ0v) is 15.6. The standard InChI is InChI=1S/C20H24N4OS/c21-20-15-8-4-5-9-16(15)23-24(20)17(12-14-6-2-1-3-7-14)18(25)13-19-22-10-11-26-19/h4-5,8-11,14,17H,1-3,6-7,12-13,21H2. The molecule has 4 rings (SSSR count). The molecule has 2 aromatic heterocycles. The van der Waals surface area contributed by atoms with Crippen LogP contribution in [0.4, 0.5) is 5.82 Å². The van der Waals surface area contributed by atoms with E-state index >= 15 is 0 Å². The lowest BCUT2D eigenvalue weighted by atomic mass is 9.83. The fourth-order valence-corrected chi connectivity index (χ4v) is 4.65. The van der Waals surface area contributed by atoms with Crippen molar-refractivity contribution in [1.29, 1.82) is 0 Å². The first-order valence-corrected chi connectivity index (χ1v) is 10.2. The third kappa shape index (κ3) is 3.51. The second-order valence-corrected chi connectivity index (χ2v) is 8.15. The van der Waals surface area contributed by atoms with E-state index in [4.69, 9.17) is 5.73 Å². The predicted octanol–water partition coefficient (Wildman–Crippen LogP) is 4.40. The SMILES string of the molecule is Nc1c2ccccc2nn1C(CC1CCCCC1)C(=O)Cc1nccs1. The highest BCUT2D eigenvalue weighted by molar-refractivity contribution is 7.09. The monoisotopic (exact) mass is 368 g/mol. The second-order valence-electron chi connectivity index (χ2n) is 7.17. The van der Waals surface area contributed by atoms with Gasteiger partial charge in [-0.05, 0) is 24.5 Å². The zero-order valence-electron chi connectivity index (χ0n) is 14.8. The molecule has 0 saturated heterocycles. The van der Waals surface area contributed by atoms with Gasteiger partial charge >= 0.3 is 0 Å². The molecule has 2 N–H and O–H groups in total. The van der Waals surface area contributed by atoms with Crippen molar-refractivity contribution in [3.63, 3.8) is 0 Å². The van der Waals surface area contributed by atoms with E-state index in [1.54, 1.807) is 10.9 Å². The smallest absolute Gasteiger partial charge is 0.164 e. The largest absolute Gasteiger partial charge is 0.383 e. The minimum atomic E-state index is -0.311. The zero-order chi connectivity index (χ0) is 17.9. The van der Waals surface area contributed by atoms with E-state index in [1.165, 1.54) is 43.4 Å². The van der Waals surface area contributed by atoms with Gasteiger partial charge in [0.2, 0.25) is 0 Å². The fraction of sp³-hybridized carbons (Fsp3) is 0.450. The molecule has 1 aliphatic carbocycles. The van der Waals surface area contributed by atoms with Crippen LogP contribution < -0.4 is 5.73 Å². The fourth-order valence-electron chi connectivity index (χ4n) is 4.02. The average molecular weight is 369 g/mol. The van der Waals surface area contributed by atoms with Gasteiger partial charge in [0, 0.05) is 17.0 Å². The first-order chi connectivity index (χ1) is 12.7. The summed E-state index contributed by atoms with van der Waals surface area (Å²) in [7, 11) is 0. The van der Waals surface area contributed by atoms with E-state index in [0.717, 1.165) is 22.3 Å². The molecule has 1 aromatic carbocycles. The van der Waals surface area contributed by atoms with Crippen LogP contribution in [0.25, 0.3) is 10.9 Å². The lowest BCUT2D eigenvalue weighted by molar-refractivity contribution is -0.122. The molecule has 136 valence electrons. The summed E-state index contributed by atoms with van der Waals surface area (Å²) in [6.45, 7) is 0. The summed E-state index contributed by atoms with van der Waals surface area (Å²) in [6.07, 6.45) is 9.14. The van der Waals surface area contributed by atoms with Gasteiger partial charge < -0.3 is 5.73 Å². The van der Waals surface area contributed by atoms with Crippen molar-refractivity contribution in [3.05, 3.63) is 40.8 Å². The predicted molar refractivity (Wildman–Crippen MR) is 105 cm³/mol. The average Bonchev–Trinajstić information content (AvgIpc) is 3.29. The minimum absolute atomic E-state index is 0.157. The number of nitrogens with zero attached hydrogens (tertiary/aromatic N) is 3. The quantitative estimate of drug-likeness (QED) is 0.700. The molecular weight excluding hydrogens is 344 g/mol. The summed E-state index contributed by atoms with van der Waals surface area (Å²) >= 11 is 1.53. The van der Waals surface area contributed by atoms with Gasteiger partial charge in [0.15, 0.2) is 5.78 Å². The highest BCUT2D eigenvalue weighted by Crippen LogP contribution is 2.34. The Morgan fingerprint density at radius 1 is 1.27 bits per heavy atom.